The van der Waals surface area contributed by atoms with Gasteiger partial charge >= 0.3 is 0 Å². The lowest BCUT2D eigenvalue weighted by molar-refractivity contribution is -0.147. The van der Waals surface area contributed by atoms with Crippen LogP contribution in [-0.4, -0.2) is 38.8 Å². The highest BCUT2D eigenvalue weighted by molar-refractivity contribution is 5.92. The molecule has 17 heavy (non-hydrogen) atoms. The smallest absolute Gasteiger partial charge is 0.213 e. The number of methoxy groups -OCH3 is 2. The van der Waals surface area contributed by atoms with E-state index < -0.39 is 5.60 Å². The molecule has 92 valence electrons. The molecule has 0 saturated carbocycles. The van der Waals surface area contributed by atoms with E-state index in [1.54, 1.807) is 14.2 Å². The summed E-state index contributed by atoms with van der Waals surface area (Å²) in [4.78, 5) is 12.2. The van der Waals surface area contributed by atoms with Gasteiger partial charge in [0.15, 0.2) is 5.78 Å². The van der Waals surface area contributed by atoms with Crippen LogP contribution in [0, 0.1) is 0 Å². The van der Waals surface area contributed by atoms with Gasteiger partial charge < -0.3 is 14.2 Å². The maximum Gasteiger partial charge on any atom is 0.213 e. The Balaban J connectivity index is 2.33. The van der Waals surface area contributed by atoms with Crippen LogP contribution in [-0.2, 0) is 20.7 Å². The summed E-state index contributed by atoms with van der Waals surface area (Å²) in [5.74, 6) is 0.737. The molecule has 0 atom stereocenters. The summed E-state index contributed by atoms with van der Waals surface area (Å²) in [5.41, 5.74) is -0.0852. The molecule has 1 aliphatic heterocycles. The highest BCUT2D eigenvalue weighted by atomic mass is 16.6. The van der Waals surface area contributed by atoms with Crippen molar-refractivity contribution >= 4 is 5.78 Å². The Morgan fingerprint density at radius 1 is 1.24 bits per heavy atom. The van der Waals surface area contributed by atoms with E-state index >= 15 is 0 Å². The molecule has 0 bridgehead atoms. The van der Waals surface area contributed by atoms with E-state index in [4.69, 9.17) is 14.2 Å². The van der Waals surface area contributed by atoms with Gasteiger partial charge in [-0.15, -0.1) is 0 Å². The molecule has 0 amide bonds. The van der Waals surface area contributed by atoms with Crippen LogP contribution in [0.1, 0.15) is 5.56 Å². The molecule has 0 spiro atoms. The third-order valence-corrected chi connectivity index (χ3v) is 2.89. The third kappa shape index (κ3) is 2.18. The number of Topliss-reactive ketones (excluding diaryl/α,β-unsaturated/α-hetero) is 1. The van der Waals surface area contributed by atoms with Gasteiger partial charge in [0.05, 0.1) is 13.2 Å². The Morgan fingerprint density at radius 2 is 1.88 bits per heavy atom. The molecule has 1 aromatic rings. The lowest BCUT2D eigenvalue weighted by Crippen LogP contribution is -2.55. The first-order valence-corrected chi connectivity index (χ1v) is 5.50. The van der Waals surface area contributed by atoms with E-state index in [-0.39, 0.29) is 19.0 Å². The van der Waals surface area contributed by atoms with Gasteiger partial charge in [0.1, 0.15) is 5.75 Å². The number of fused-ring (bicyclic) bond motifs is 1. The van der Waals surface area contributed by atoms with Crippen molar-refractivity contribution in [3.63, 3.8) is 0 Å². The van der Waals surface area contributed by atoms with Crippen LogP contribution in [0.15, 0.2) is 24.3 Å². The van der Waals surface area contributed by atoms with E-state index in [0.717, 1.165) is 11.3 Å². The topological polar surface area (TPSA) is 44.8 Å². The Hall–Kier alpha value is -1.39. The standard InChI is InChI=1S/C13H16O4/c1-15-8-13(9-16-2)12(14)7-10-5-3-4-6-11(10)17-13/h3-6H,7-9H2,1-2H3. The summed E-state index contributed by atoms with van der Waals surface area (Å²) >= 11 is 0. The molecule has 0 saturated heterocycles. The van der Waals surface area contributed by atoms with E-state index in [9.17, 15) is 4.79 Å². The number of ketones is 1. The lowest BCUT2D eigenvalue weighted by atomic mass is 9.90. The largest absolute Gasteiger partial charge is 0.474 e. The Kier molecular flexibility index (Phi) is 3.45. The SMILES string of the molecule is COCC1(COC)Oc2ccccc2CC1=O. The summed E-state index contributed by atoms with van der Waals surface area (Å²) in [6.07, 6.45) is 0.364. The van der Waals surface area contributed by atoms with Gasteiger partial charge in [0.25, 0.3) is 0 Å². The molecular formula is C13H16O4. The fourth-order valence-corrected chi connectivity index (χ4v) is 2.08. The van der Waals surface area contributed by atoms with Gasteiger partial charge in [-0.25, -0.2) is 0 Å². The number of hydrogen-bond donors (Lipinski definition) is 0. The van der Waals surface area contributed by atoms with Crippen LogP contribution in [0.2, 0.25) is 0 Å². The molecule has 2 rings (SSSR count). The number of hydrogen-bond acceptors (Lipinski definition) is 4. The van der Waals surface area contributed by atoms with Crippen LogP contribution in [0.5, 0.6) is 5.75 Å². The van der Waals surface area contributed by atoms with Crippen LogP contribution in [0.3, 0.4) is 0 Å². The van der Waals surface area contributed by atoms with Crippen molar-refractivity contribution in [2.24, 2.45) is 0 Å². The summed E-state index contributed by atoms with van der Waals surface area (Å²) in [6.45, 7) is 0.405. The van der Waals surface area contributed by atoms with Gasteiger partial charge in [-0.1, -0.05) is 18.2 Å². The molecule has 4 heteroatoms. The van der Waals surface area contributed by atoms with Crippen molar-refractivity contribution in [1.82, 2.24) is 0 Å². The van der Waals surface area contributed by atoms with E-state index in [1.807, 2.05) is 24.3 Å². The molecule has 4 nitrogen and oxygen atoms in total. The van der Waals surface area contributed by atoms with Gasteiger partial charge in [-0.2, -0.15) is 0 Å². The minimum absolute atomic E-state index is 0.0000926. The second kappa shape index (κ2) is 4.85. The van der Waals surface area contributed by atoms with Crippen molar-refractivity contribution in [1.29, 1.82) is 0 Å². The molecule has 1 aliphatic rings. The van der Waals surface area contributed by atoms with Crippen molar-refractivity contribution in [2.75, 3.05) is 27.4 Å². The zero-order valence-electron chi connectivity index (χ0n) is 10.1. The monoisotopic (exact) mass is 236 g/mol. The van der Waals surface area contributed by atoms with E-state index in [2.05, 4.69) is 0 Å². The Bertz CT molecular complexity index is 408. The van der Waals surface area contributed by atoms with Crippen LogP contribution >= 0.6 is 0 Å². The maximum absolute atomic E-state index is 12.2. The highest BCUT2D eigenvalue weighted by Crippen LogP contribution is 2.31. The summed E-state index contributed by atoms with van der Waals surface area (Å²) in [5, 5.41) is 0. The van der Waals surface area contributed by atoms with Gasteiger partial charge in [-0.05, 0) is 6.07 Å². The summed E-state index contributed by atoms with van der Waals surface area (Å²) < 4.78 is 16.0. The van der Waals surface area contributed by atoms with Crippen LogP contribution in [0.25, 0.3) is 0 Å². The van der Waals surface area contributed by atoms with Gasteiger partial charge in [0, 0.05) is 26.2 Å². The first-order chi connectivity index (χ1) is 8.22. The number of para-hydroxylation sites is 1. The fraction of sp³-hybridized carbons (Fsp3) is 0.462. The average Bonchev–Trinajstić information content (AvgIpc) is 2.31. The third-order valence-electron chi connectivity index (χ3n) is 2.89. The Labute approximate surface area is 100 Å². The van der Waals surface area contributed by atoms with Crippen molar-refractivity contribution in [3.05, 3.63) is 29.8 Å². The second-order valence-electron chi connectivity index (χ2n) is 4.17. The molecule has 0 fully saturated rings. The van der Waals surface area contributed by atoms with E-state index in [0.29, 0.717) is 6.42 Å². The first kappa shape index (κ1) is 12.1. The number of carbonyl (C=O) groups is 1. The maximum atomic E-state index is 12.2. The number of ether oxygens (including phenoxy) is 3. The molecule has 1 aromatic carbocycles. The van der Waals surface area contributed by atoms with Gasteiger partial charge in [0.2, 0.25) is 5.60 Å². The molecule has 0 radical (unpaired) electrons. The highest BCUT2D eigenvalue weighted by Gasteiger charge is 2.44. The normalized spacial score (nSPS) is 17.4. The zero-order chi connectivity index (χ0) is 12.3. The van der Waals surface area contributed by atoms with Crippen molar-refractivity contribution in [2.45, 2.75) is 12.0 Å². The van der Waals surface area contributed by atoms with Crippen LogP contribution < -0.4 is 4.74 Å². The number of carbonyl (C=O) groups excluding carboxylic acids is 1. The first-order valence-electron chi connectivity index (χ1n) is 5.50. The second-order valence-corrected chi connectivity index (χ2v) is 4.17. The number of benzene rings is 1. The molecule has 0 aliphatic carbocycles. The lowest BCUT2D eigenvalue weighted by Gasteiger charge is -2.36. The van der Waals surface area contributed by atoms with Crippen molar-refractivity contribution in [3.8, 4) is 5.75 Å². The molecule has 0 N–H and O–H groups in total. The van der Waals surface area contributed by atoms with Crippen LogP contribution in [0.4, 0.5) is 0 Å². The van der Waals surface area contributed by atoms with Crippen molar-refractivity contribution < 1.29 is 19.0 Å². The fourth-order valence-electron chi connectivity index (χ4n) is 2.08. The number of rotatable bonds is 4. The molecule has 1 heterocycles. The van der Waals surface area contributed by atoms with E-state index in [1.165, 1.54) is 0 Å². The quantitative estimate of drug-likeness (QED) is 0.788. The molecular weight excluding hydrogens is 220 g/mol. The molecule has 0 unspecified atom stereocenters. The van der Waals surface area contributed by atoms with Gasteiger partial charge in [-0.3, -0.25) is 4.79 Å². The predicted molar refractivity (Wildman–Crippen MR) is 62.3 cm³/mol. The summed E-state index contributed by atoms with van der Waals surface area (Å²) in [7, 11) is 3.10. The molecule has 0 aromatic heterocycles. The minimum atomic E-state index is -1.00. The predicted octanol–water partition coefficient (Wildman–Crippen LogP) is 1.22. The summed E-state index contributed by atoms with van der Waals surface area (Å²) in [6, 6.07) is 7.55. The Morgan fingerprint density at radius 3 is 2.53 bits per heavy atom. The minimum Gasteiger partial charge on any atom is -0.474 e. The average molecular weight is 236 g/mol. The zero-order valence-corrected chi connectivity index (χ0v) is 10.1.